The third-order valence-corrected chi connectivity index (χ3v) is 4.31. The summed E-state index contributed by atoms with van der Waals surface area (Å²) >= 11 is 1.56. The van der Waals surface area contributed by atoms with Crippen LogP contribution in [0.25, 0.3) is 10.6 Å². The first-order valence-electron chi connectivity index (χ1n) is 6.08. The van der Waals surface area contributed by atoms with Gasteiger partial charge >= 0.3 is 0 Å². The molecule has 0 saturated carbocycles. The Morgan fingerprint density at radius 3 is 2.56 bits per heavy atom. The Hall–Kier alpha value is -1.23. The minimum atomic E-state index is -0.328. The maximum atomic E-state index is 9.11. The maximum absolute atomic E-state index is 9.11. The topological polar surface area (TPSA) is 59.1 Å². The van der Waals surface area contributed by atoms with Crippen molar-refractivity contribution in [3.8, 4) is 10.6 Å². The molecule has 0 radical (unpaired) electrons. The van der Waals surface area contributed by atoms with Crippen molar-refractivity contribution in [3.63, 3.8) is 0 Å². The molecule has 0 aliphatic heterocycles. The molecule has 96 valence electrons. The van der Waals surface area contributed by atoms with E-state index in [1.807, 2.05) is 6.92 Å². The molecule has 0 amide bonds. The van der Waals surface area contributed by atoms with Gasteiger partial charge in [-0.15, -0.1) is 11.3 Å². The highest BCUT2D eigenvalue weighted by molar-refractivity contribution is 7.15. The van der Waals surface area contributed by atoms with Crippen LogP contribution in [-0.2, 0) is 6.42 Å². The second kappa shape index (κ2) is 5.61. The molecule has 1 aromatic carbocycles. The first-order chi connectivity index (χ1) is 8.65. The number of hydrogen-bond acceptors (Lipinski definition) is 4. The van der Waals surface area contributed by atoms with Crippen LogP contribution in [0, 0.1) is 6.92 Å². The smallest absolute Gasteiger partial charge is 0.123 e. The van der Waals surface area contributed by atoms with Gasteiger partial charge in [-0.05, 0) is 18.9 Å². The molecule has 0 fully saturated rings. The molecule has 0 aliphatic rings. The summed E-state index contributed by atoms with van der Waals surface area (Å²) in [6.45, 7) is 4.03. The van der Waals surface area contributed by atoms with Gasteiger partial charge in [0, 0.05) is 10.4 Å². The van der Waals surface area contributed by atoms with E-state index >= 15 is 0 Å². The zero-order valence-electron chi connectivity index (χ0n) is 10.7. The predicted molar refractivity (Wildman–Crippen MR) is 75.7 cm³/mol. The molecule has 18 heavy (non-hydrogen) atoms. The van der Waals surface area contributed by atoms with Crippen molar-refractivity contribution in [2.24, 2.45) is 5.73 Å². The van der Waals surface area contributed by atoms with Crippen molar-refractivity contribution in [2.75, 3.05) is 6.61 Å². The van der Waals surface area contributed by atoms with Gasteiger partial charge in [0.2, 0.25) is 0 Å². The number of aliphatic hydroxyl groups is 1. The molecule has 2 rings (SSSR count). The van der Waals surface area contributed by atoms with E-state index in [0.29, 0.717) is 0 Å². The van der Waals surface area contributed by atoms with Gasteiger partial charge in [-0.3, -0.25) is 0 Å². The van der Waals surface area contributed by atoms with Crippen LogP contribution in [0.1, 0.15) is 29.1 Å². The number of thiazole rings is 1. The summed E-state index contributed by atoms with van der Waals surface area (Å²) in [5, 5.41) is 10.1. The summed E-state index contributed by atoms with van der Waals surface area (Å²) in [6.07, 6.45) is 1.04. The van der Waals surface area contributed by atoms with Crippen LogP contribution >= 0.6 is 11.3 Å². The van der Waals surface area contributed by atoms with E-state index in [-0.39, 0.29) is 12.6 Å². The maximum Gasteiger partial charge on any atom is 0.123 e. The van der Waals surface area contributed by atoms with Crippen LogP contribution in [0.2, 0.25) is 0 Å². The third-order valence-electron chi connectivity index (χ3n) is 2.98. The van der Waals surface area contributed by atoms with E-state index in [4.69, 9.17) is 10.8 Å². The van der Waals surface area contributed by atoms with Crippen molar-refractivity contribution >= 4 is 11.3 Å². The van der Waals surface area contributed by atoms with Crippen molar-refractivity contribution in [1.29, 1.82) is 0 Å². The molecule has 3 nitrogen and oxygen atoms in total. The molecular weight excluding hydrogens is 244 g/mol. The second-order valence-electron chi connectivity index (χ2n) is 4.31. The van der Waals surface area contributed by atoms with Gasteiger partial charge in [0.25, 0.3) is 0 Å². The first-order valence-corrected chi connectivity index (χ1v) is 6.90. The number of rotatable bonds is 4. The van der Waals surface area contributed by atoms with E-state index in [1.54, 1.807) is 11.3 Å². The van der Waals surface area contributed by atoms with E-state index in [1.165, 1.54) is 5.56 Å². The van der Waals surface area contributed by atoms with Crippen molar-refractivity contribution in [3.05, 3.63) is 40.4 Å². The highest BCUT2D eigenvalue weighted by atomic mass is 32.1. The summed E-state index contributed by atoms with van der Waals surface area (Å²) in [5.41, 5.74) is 9.19. The van der Waals surface area contributed by atoms with Gasteiger partial charge in [-0.1, -0.05) is 31.2 Å². The Kier molecular flexibility index (Phi) is 4.11. The molecule has 0 spiro atoms. The summed E-state index contributed by atoms with van der Waals surface area (Å²) in [7, 11) is 0. The quantitative estimate of drug-likeness (QED) is 0.890. The highest BCUT2D eigenvalue weighted by Gasteiger charge is 2.14. The zero-order chi connectivity index (χ0) is 13.1. The molecule has 1 unspecified atom stereocenters. The number of benzene rings is 1. The monoisotopic (exact) mass is 262 g/mol. The lowest BCUT2D eigenvalue weighted by molar-refractivity contribution is 0.269. The number of nitrogens with two attached hydrogens (primary N) is 1. The fraction of sp³-hybridized carbons (Fsp3) is 0.357. The molecule has 0 bridgehead atoms. The van der Waals surface area contributed by atoms with Crippen LogP contribution in [0.5, 0.6) is 0 Å². The van der Waals surface area contributed by atoms with Crippen LogP contribution in [-0.4, -0.2) is 16.7 Å². The van der Waals surface area contributed by atoms with Crippen molar-refractivity contribution in [1.82, 2.24) is 4.98 Å². The second-order valence-corrected chi connectivity index (χ2v) is 5.34. The lowest BCUT2D eigenvalue weighted by Crippen LogP contribution is -2.13. The van der Waals surface area contributed by atoms with Crippen LogP contribution < -0.4 is 5.73 Å². The average Bonchev–Trinajstić information content (AvgIpc) is 2.80. The van der Waals surface area contributed by atoms with Crippen LogP contribution in [0.3, 0.4) is 0 Å². The molecule has 1 atom stereocenters. The van der Waals surface area contributed by atoms with Gasteiger partial charge in [0.05, 0.1) is 18.3 Å². The fourth-order valence-electron chi connectivity index (χ4n) is 1.84. The van der Waals surface area contributed by atoms with Gasteiger partial charge < -0.3 is 10.8 Å². The number of aryl methyl sites for hydroxylation is 2. The van der Waals surface area contributed by atoms with E-state index in [0.717, 1.165) is 27.6 Å². The minimum Gasteiger partial charge on any atom is -0.394 e. The Labute approximate surface area is 111 Å². The lowest BCUT2D eigenvalue weighted by atomic mass is 10.1. The van der Waals surface area contributed by atoms with Crippen LogP contribution in [0.15, 0.2) is 24.3 Å². The predicted octanol–water partition coefficient (Wildman–Crippen LogP) is 2.67. The Balaban J connectivity index is 2.33. The van der Waals surface area contributed by atoms with E-state index in [2.05, 4.69) is 36.2 Å². The Morgan fingerprint density at radius 2 is 2.00 bits per heavy atom. The van der Waals surface area contributed by atoms with Gasteiger partial charge in [-0.25, -0.2) is 4.98 Å². The van der Waals surface area contributed by atoms with Crippen molar-refractivity contribution in [2.45, 2.75) is 26.3 Å². The van der Waals surface area contributed by atoms with Gasteiger partial charge in [0.15, 0.2) is 0 Å². The zero-order valence-corrected chi connectivity index (χ0v) is 11.5. The average molecular weight is 262 g/mol. The molecule has 4 heteroatoms. The molecule has 0 saturated heterocycles. The summed E-state index contributed by atoms with van der Waals surface area (Å²) in [6, 6.07) is 8.10. The first kappa shape index (κ1) is 13.2. The van der Waals surface area contributed by atoms with Crippen LogP contribution in [0.4, 0.5) is 0 Å². The fourth-order valence-corrected chi connectivity index (χ4v) is 2.91. The van der Waals surface area contributed by atoms with Gasteiger partial charge in [0.1, 0.15) is 5.01 Å². The summed E-state index contributed by atoms with van der Waals surface area (Å²) in [4.78, 5) is 5.50. The van der Waals surface area contributed by atoms with E-state index < -0.39 is 0 Å². The molecule has 2 aromatic rings. The number of aliphatic hydroxyl groups excluding tert-OH is 1. The lowest BCUT2D eigenvalue weighted by Gasteiger charge is -2.04. The summed E-state index contributed by atoms with van der Waals surface area (Å²) in [5.74, 6) is 0. The molecule has 1 heterocycles. The Morgan fingerprint density at radius 1 is 1.33 bits per heavy atom. The minimum absolute atomic E-state index is 0.0444. The van der Waals surface area contributed by atoms with Crippen molar-refractivity contribution < 1.29 is 5.11 Å². The number of aromatic nitrogens is 1. The molecule has 3 N–H and O–H groups in total. The molecular formula is C14H18N2OS. The largest absolute Gasteiger partial charge is 0.394 e. The Bertz CT molecular complexity index is 519. The third kappa shape index (κ3) is 2.61. The summed E-state index contributed by atoms with van der Waals surface area (Å²) < 4.78 is 0. The SMILES string of the molecule is CCc1ccc(-c2nc(C)c(C(N)CO)s2)cc1. The molecule has 1 aromatic heterocycles. The number of hydrogen-bond donors (Lipinski definition) is 2. The highest BCUT2D eigenvalue weighted by Crippen LogP contribution is 2.31. The van der Waals surface area contributed by atoms with Gasteiger partial charge in [-0.2, -0.15) is 0 Å². The molecule has 0 aliphatic carbocycles. The number of nitrogens with zero attached hydrogens (tertiary/aromatic N) is 1. The van der Waals surface area contributed by atoms with E-state index in [9.17, 15) is 0 Å². The standard InChI is InChI=1S/C14H18N2OS/c1-3-10-4-6-11(7-5-10)14-16-9(2)13(18-14)12(15)8-17/h4-7,12,17H,3,8,15H2,1-2H3. The normalized spacial score (nSPS) is 12.7.